The van der Waals surface area contributed by atoms with Crippen LogP contribution in [0.15, 0.2) is 66.7 Å². The lowest BCUT2D eigenvalue weighted by Gasteiger charge is -2.37. The molecule has 2 aliphatic rings. The van der Waals surface area contributed by atoms with Crippen molar-refractivity contribution in [3.63, 3.8) is 0 Å². The largest absolute Gasteiger partial charge is 0.378 e. The van der Waals surface area contributed by atoms with Crippen LogP contribution >= 0.6 is 0 Å². The molecule has 5 rings (SSSR count). The molecule has 144 valence electrons. The van der Waals surface area contributed by atoms with E-state index in [9.17, 15) is 20.2 Å². The van der Waals surface area contributed by atoms with Gasteiger partial charge >= 0.3 is 0 Å². The topological polar surface area (TPSA) is 98.3 Å². The zero-order valence-corrected chi connectivity index (χ0v) is 15.3. The van der Waals surface area contributed by atoms with Gasteiger partial charge in [0.25, 0.3) is 11.4 Å². The Labute approximate surface area is 166 Å². The lowest BCUT2D eigenvalue weighted by molar-refractivity contribution is -0.385. The Morgan fingerprint density at radius 3 is 2.38 bits per heavy atom. The van der Waals surface area contributed by atoms with Gasteiger partial charge in [-0.05, 0) is 40.7 Å². The van der Waals surface area contributed by atoms with E-state index < -0.39 is 0 Å². The van der Waals surface area contributed by atoms with Gasteiger partial charge in [-0.25, -0.2) is 0 Å². The Balaban J connectivity index is 1.67. The van der Waals surface area contributed by atoms with Crippen LogP contribution in [0.2, 0.25) is 0 Å². The van der Waals surface area contributed by atoms with Gasteiger partial charge in [0, 0.05) is 35.9 Å². The van der Waals surface area contributed by atoms with Crippen molar-refractivity contribution in [3.8, 4) is 0 Å². The number of rotatable bonds is 3. The van der Waals surface area contributed by atoms with Crippen LogP contribution in [0.5, 0.6) is 0 Å². The SMILES string of the molecule is O=[N+]([O-])c1cccc([C@@H]2Nc3ccc([N+](=O)[O-])cc3[C@H]3c4ccccc4C[C@H]32)c1. The van der Waals surface area contributed by atoms with Crippen molar-refractivity contribution in [3.05, 3.63) is 109 Å². The van der Waals surface area contributed by atoms with Crippen molar-refractivity contribution in [1.29, 1.82) is 0 Å². The first-order chi connectivity index (χ1) is 14.0. The highest BCUT2D eigenvalue weighted by Crippen LogP contribution is 2.54. The molecule has 7 heteroatoms. The second-order valence-electron chi connectivity index (χ2n) is 7.55. The molecule has 0 spiro atoms. The molecule has 0 fully saturated rings. The first-order valence-corrected chi connectivity index (χ1v) is 9.40. The van der Waals surface area contributed by atoms with Crippen LogP contribution < -0.4 is 5.32 Å². The van der Waals surface area contributed by atoms with Crippen LogP contribution in [-0.4, -0.2) is 9.85 Å². The Kier molecular flexibility index (Phi) is 3.84. The van der Waals surface area contributed by atoms with Crippen molar-refractivity contribution in [2.75, 3.05) is 5.32 Å². The highest BCUT2D eigenvalue weighted by atomic mass is 16.6. The summed E-state index contributed by atoms with van der Waals surface area (Å²) < 4.78 is 0. The second kappa shape index (κ2) is 6.41. The number of nitrogens with one attached hydrogen (secondary N) is 1. The molecule has 1 N–H and O–H groups in total. The predicted molar refractivity (Wildman–Crippen MR) is 108 cm³/mol. The summed E-state index contributed by atoms with van der Waals surface area (Å²) in [6.45, 7) is 0. The molecule has 0 amide bonds. The van der Waals surface area contributed by atoms with Gasteiger partial charge in [0.05, 0.1) is 15.9 Å². The Morgan fingerprint density at radius 2 is 1.59 bits per heavy atom. The van der Waals surface area contributed by atoms with E-state index >= 15 is 0 Å². The predicted octanol–water partition coefficient (Wildman–Crippen LogP) is 4.97. The van der Waals surface area contributed by atoms with Crippen LogP contribution in [0, 0.1) is 26.1 Å². The number of non-ortho nitro benzene ring substituents is 2. The minimum Gasteiger partial charge on any atom is -0.378 e. The summed E-state index contributed by atoms with van der Waals surface area (Å²) in [5.41, 5.74) is 5.13. The maximum atomic E-state index is 11.3. The molecule has 3 atom stereocenters. The number of nitro benzene ring substituents is 2. The van der Waals surface area contributed by atoms with E-state index in [0.29, 0.717) is 0 Å². The van der Waals surface area contributed by atoms with Crippen molar-refractivity contribution in [1.82, 2.24) is 0 Å². The van der Waals surface area contributed by atoms with Gasteiger partial charge in [0.1, 0.15) is 0 Å². The standard InChI is InChI=1S/C22H17N3O4/c26-24(27)15-6-3-5-14(10-15)22-19-11-13-4-1-2-7-17(13)21(19)18-12-16(25(28)29)8-9-20(18)23-22/h1-10,12,19,21-23H,11H2/t19-,21-,22+/m1/s1. The molecule has 29 heavy (non-hydrogen) atoms. The third kappa shape index (κ3) is 2.74. The van der Waals surface area contributed by atoms with Gasteiger partial charge in [0.2, 0.25) is 0 Å². The van der Waals surface area contributed by atoms with E-state index in [1.807, 2.05) is 18.2 Å². The Morgan fingerprint density at radius 1 is 0.828 bits per heavy atom. The monoisotopic (exact) mass is 387 g/mol. The number of nitrogens with zero attached hydrogens (tertiary/aromatic N) is 2. The average Bonchev–Trinajstić information content (AvgIpc) is 3.12. The Hall–Kier alpha value is -3.74. The van der Waals surface area contributed by atoms with Crippen LogP contribution in [-0.2, 0) is 6.42 Å². The van der Waals surface area contributed by atoms with Crippen molar-refractivity contribution in [2.24, 2.45) is 5.92 Å². The van der Waals surface area contributed by atoms with Gasteiger partial charge in [0.15, 0.2) is 0 Å². The smallest absolute Gasteiger partial charge is 0.269 e. The molecular formula is C22H17N3O4. The molecule has 3 aromatic rings. The van der Waals surface area contributed by atoms with E-state index in [-0.39, 0.29) is 39.1 Å². The second-order valence-corrected chi connectivity index (χ2v) is 7.55. The summed E-state index contributed by atoms with van der Waals surface area (Å²) in [6, 6.07) is 19.7. The molecule has 0 radical (unpaired) electrons. The van der Waals surface area contributed by atoms with E-state index in [0.717, 1.165) is 23.2 Å². The van der Waals surface area contributed by atoms with E-state index in [4.69, 9.17) is 0 Å². The summed E-state index contributed by atoms with van der Waals surface area (Å²) in [7, 11) is 0. The fourth-order valence-electron chi connectivity index (χ4n) is 4.82. The Bertz CT molecular complexity index is 1160. The molecule has 7 nitrogen and oxygen atoms in total. The molecule has 0 aromatic heterocycles. The third-order valence-electron chi connectivity index (χ3n) is 6.03. The molecule has 0 bridgehead atoms. The van der Waals surface area contributed by atoms with E-state index in [1.165, 1.54) is 23.3 Å². The van der Waals surface area contributed by atoms with Gasteiger partial charge < -0.3 is 5.32 Å². The normalized spacial score (nSPS) is 21.4. The third-order valence-corrected chi connectivity index (χ3v) is 6.03. The molecular weight excluding hydrogens is 370 g/mol. The van der Waals surface area contributed by atoms with Crippen LogP contribution in [0.4, 0.5) is 17.1 Å². The highest BCUT2D eigenvalue weighted by molar-refractivity contribution is 5.65. The lowest BCUT2D eigenvalue weighted by atomic mass is 9.75. The fourth-order valence-corrected chi connectivity index (χ4v) is 4.82. The van der Waals surface area contributed by atoms with Gasteiger partial charge in [-0.15, -0.1) is 0 Å². The number of hydrogen-bond donors (Lipinski definition) is 1. The molecule has 0 unspecified atom stereocenters. The summed E-state index contributed by atoms with van der Waals surface area (Å²) in [4.78, 5) is 21.8. The molecule has 0 saturated heterocycles. The number of anilines is 1. The van der Waals surface area contributed by atoms with Crippen LogP contribution in [0.1, 0.15) is 34.2 Å². The molecule has 1 aliphatic carbocycles. The maximum absolute atomic E-state index is 11.3. The zero-order valence-electron chi connectivity index (χ0n) is 15.3. The molecule has 1 aliphatic heterocycles. The van der Waals surface area contributed by atoms with E-state index in [2.05, 4.69) is 17.4 Å². The quantitative estimate of drug-likeness (QED) is 0.505. The number of nitro groups is 2. The van der Waals surface area contributed by atoms with Crippen molar-refractivity contribution in [2.45, 2.75) is 18.4 Å². The minimum atomic E-state index is -0.384. The fraction of sp³-hybridized carbons (Fsp3) is 0.182. The van der Waals surface area contributed by atoms with Gasteiger partial charge in [-0.1, -0.05) is 36.4 Å². The highest BCUT2D eigenvalue weighted by Gasteiger charge is 2.44. The molecule has 1 heterocycles. The number of benzene rings is 3. The maximum Gasteiger partial charge on any atom is 0.269 e. The number of hydrogen-bond acceptors (Lipinski definition) is 5. The first kappa shape index (κ1) is 17.4. The van der Waals surface area contributed by atoms with Crippen molar-refractivity contribution >= 4 is 17.1 Å². The van der Waals surface area contributed by atoms with Crippen molar-refractivity contribution < 1.29 is 9.85 Å². The van der Waals surface area contributed by atoms with Gasteiger partial charge in [-0.3, -0.25) is 20.2 Å². The van der Waals surface area contributed by atoms with Gasteiger partial charge in [-0.2, -0.15) is 0 Å². The average molecular weight is 387 g/mol. The van der Waals surface area contributed by atoms with E-state index in [1.54, 1.807) is 24.3 Å². The molecule has 3 aromatic carbocycles. The zero-order chi connectivity index (χ0) is 20.1. The summed E-state index contributed by atoms with van der Waals surface area (Å²) in [5.74, 6) is 0.121. The summed E-state index contributed by atoms with van der Waals surface area (Å²) >= 11 is 0. The van der Waals surface area contributed by atoms with Crippen LogP contribution in [0.25, 0.3) is 0 Å². The summed E-state index contributed by atoms with van der Waals surface area (Å²) in [6.07, 6.45) is 0.809. The first-order valence-electron chi connectivity index (χ1n) is 9.40. The number of fused-ring (bicyclic) bond motifs is 5. The minimum absolute atomic E-state index is 0.00612. The summed E-state index contributed by atoms with van der Waals surface area (Å²) in [5, 5.41) is 26.1. The van der Waals surface area contributed by atoms with Crippen LogP contribution in [0.3, 0.4) is 0 Å². The lowest BCUT2D eigenvalue weighted by Crippen LogP contribution is -2.30. The molecule has 0 saturated carbocycles.